The SMILES string of the molecule is Cc1nc(N2CCN(Cc3ccc(OC(F)(F)F)cc3)C2=O)sc1C(=O)NCCc1ccccc1. The third kappa shape index (κ3) is 6.30. The van der Waals surface area contributed by atoms with E-state index in [0.717, 1.165) is 16.9 Å². The molecule has 2 aromatic carbocycles. The van der Waals surface area contributed by atoms with Crippen molar-refractivity contribution in [2.75, 3.05) is 24.5 Å². The number of aryl methyl sites for hydroxylation is 1. The summed E-state index contributed by atoms with van der Waals surface area (Å²) in [5, 5.41) is 3.34. The van der Waals surface area contributed by atoms with Gasteiger partial charge in [-0.05, 0) is 36.6 Å². The number of carbonyl (C=O) groups is 2. The van der Waals surface area contributed by atoms with E-state index in [0.29, 0.717) is 47.3 Å². The van der Waals surface area contributed by atoms with Crippen molar-refractivity contribution in [2.45, 2.75) is 26.3 Å². The number of anilines is 1. The van der Waals surface area contributed by atoms with Gasteiger partial charge in [-0.15, -0.1) is 13.2 Å². The summed E-state index contributed by atoms with van der Waals surface area (Å²) in [6.45, 7) is 3.28. The van der Waals surface area contributed by atoms with Gasteiger partial charge in [-0.1, -0.05) is 53.8 Å². The molecule has 0 radical (unpaired) electrons. The number of nitrogens with zero attached hydrogens (tertiary/aromatic N) is 3. The molecule has 3 amide bonds. The van der Waals surface area contributed by atoms with Gasteiger partial charge in [-0.2, -0.15) is 0 Å². The molecule has 1 fully saturated rings. The highest BCUT2D eigenvalue weighted by Gasteiger charge is 2.33. The zero-order valence-electron chi connectivity index (χ0n) is 18.8. The highest BCUT2D eigenvalue weighted by Crippen LogP contribution is 2.30. The van der Waals surface area contributed by atoms with E-state index in [4.69, 9.17) is 0 Å². The fourth-order valence-electron chi connectivity index (χ4n) is 3.68. The van der Waals surface area contributed by atoms with Crippen LogP contribution < -0.4 is 15.0 Å². The predicted octanol–water partition coefficient (Wildman–Crippen LogP) is 4.76. The number of alkyl halides is 3. The Morgan fingerprint density at radius 3 is 2.49 bits per heavy atom. The lowest BCUT2D eigenvalue weighted by molar-refractivity contribution is -0.274. The smallest absolute Gasteiger partial charge is 0.406 e. The number of benzene rings is 2. The number of aromatic nitrogens is 1. The fraction of sp³-hybridized carbons (Fsp3) is 0.292. The maximum atomic E-state index is 12.9. The van der Waals surface area contributed by atoms with E-state index >= 15 is 0 Å². The van der Waals surface area contributed by atoms with Gasteiger partial charge in [0, 0.05) is 26.2 Å². The van der Waals surface area contributed by atoms with E-state index in [1.165, 1.54) is 29.2 Å². The van der Waals surface area contributed by atoms with Crippen molar-refractivity contribution >= 4 is 28.4 Å². The van der Waals surface area contributed by atoms with Gasteiger partial charge < -0.3 is 15.0 Å². The van der Waals surface area contributed by atoms with Crippen LogP contribution >= 0.6 is 11.3 Å². The summed E-state index contributed by atoms with van der Waals surface area (Å²) in [4.78, 5) is 33.6. The largest absolute Gasteiger partial charge is 0.573 e. The first-order valence-electron chi connectivity index (χ1n) is 10.9. The van der Waals surface area contributed by atoms with Crippen LogP contribution in [0.25, 0.3) is 0 Å². The molecule has 4 rings (SSSR count). The number of urea groups is 1. The molecular weight excluding hydrogens is 481 g/mol. The summed E-state index contributed by atoms with van der Waals surface area (Å²) in [5.41, 5.74) is 2.34. The van der Waals surface area contributed by atoms with E-state index in [1.807, 2.05) is 30.3 Å². The summed E-state index contributed by atoms with van der Waals surface area (Å²) in [6, 6.07) is 15.0. The molecule has 3 aromatic rings. The van der Waals surface area contributed by atoms with Crippen LogP contribution in [0.4, 0.5) is 23.1 Å². The lowest BCUT2D eigenvalue weighted by atomic mass is 10.1. The summed E-state index contributed by atoms with van der Waals surface area (Å²) in [6.07, 6.45) is -4.05. The van der Waals surface area contributed by atoms with Gasteiger partial charge in [0.1, 0.15) is 10.6 Å². The molecule has 0 bridgehead atoms. The number of ether oxygens (including phenoxy) is 1. The highest BCUT2D eigenvalue weighted by molar-refractivity contribution is 7.17. The topological polar surface area (TPSA) is 74.8 Å². The van der Waals surface area contributed by atoms with Gasteiger partial charge in [0.2, 0.25) is 0 Å². The number of hydrogen-bond acceptors (Lipinski definition) is 5. The lowest BCUT2D eigenvalue weighted by Gasteiger charge is -2.17. The van der Waals surface area contributed by atoms with E-state index in [2.05, 4.69) is 15.0 Å². The molecule has 1 aliphatic rings. The first-order chi connectivity index (χ1) is 16.7. The zero-order valence-corrected chi connectivity index (χ0v) is 19.7. The van der Waals surface area contributed by atoms with Crippen LogP contribution in [0.3, 0.4) is 0 Å². The van der Waals surface area contributed by atoms with Crippen LogP contribution in [0, 0.1) is 6.92 Å². The predicted molar refractivity (Wildman–Crippen MR) is 126 cm³/mol. The molecule has 1 aliphatic heterocycles. The first-order valence-corrected chi connectivity index (χ1v) is 11.7. The van der Waals surface area contributed by atoms with Crippen LogP contribution in [0.1, 0.15) is 26.5 Å². The zero-order chi connectivity index (χ0) is 25.0. The third-order valence-corrected chi connectivity index (χ3v) is 6.57. The molecule has 0 aliphatic carbocycles. The van der Waals surface area contributed by atoms with Crippen molar-refractivity contribution in [3.63, 3.8) is 0 Å². The average Bonchev–Trinajstić information content (AvgIpc) is 3.37. The molecule has 184 valence electrons. The van der Waals surface area contributed by atoms with Crippen LogP contribution in [0.5, 0.6) is 5.75 Å². The second-order valence-corrected chi connectivity index (χ2v) is 8.93. The molecule has 35 heavy (non-hydrogen) atoms. The number of halogens is 3. The number of thiazole rings is 1. The van der Waals surface area contributed by atoms with Crippen molar-refractivity contribution in [1.29, 1.82) is 0 Å². The number of amides is 3. The fourth-order valence-corrected chi connectivity index (χ4v) is 4.68. The molecule has 2 heterocycles. The standard InChI is InChI=1S/C24H23F3N4O3S/c1-16-20(21(32)28-12-11-17-5-3-2-4-6-17)35-22(29-16)31-14-13-30(23(31)33)15-18-7-9-19(10-8-18)34-24(25,26)27/h2-10H,11-15H2,1H3,(H,28,32). The molecule has 1 N–H and O–H groups in total. The molecule has 0 unspecified atom stereocenters. The summed E-state index contributed by atoms with van der Waals surface area (Å²) in [7, 11) is 0. The Labute approximate surface area is 204 Å². The normalized spacial score (nSPS) is 13.9. The van der Waals surface area contributed by atoms with Crippen molar-refractivity contribution in [3.05, 3.63) is 76.3 Å². The number of nitrogens with one attached hydrogen (secondary N) is 1. The Bertz CT molecular complexity index is 1180. The maximum Gasteiger partial charge on any atom is 0.573 e. The molecule has 1 aromatic heterocycles. The van der Waals surface area contributed by atoms with E-state index in [-0.39, 0.29) is 24.2 Å². The van der Waals surface area contributed by atoms with Crippen molar-refractivity contribution in [2.24, 2.45) is 0 Å². The minimum atomic E-state index is -4.75. The molecule has 11 heteroatoms. The average molecular weight is 505 g/mol. The van der Waals surface area contributed by atoms with Crippen molar-refractivity contribution in [3.8, 4) is 5.75 Å². The molecule has 7 nitrogen and oxygen atoms in total. The summed E-state index contributed by atoms with van der Waals surface area (Å²) >= 11 is 1.16. The van der Waals surface area contributed by atoms with Crippen molar-refractivity contribution < 1.29 is 27.5 Å². The van der Waals surface area contributed by atoms with Gasteiger partial charge in [-0.25, -0.2) is 9.78 Å². The third-order valence-electron chi connectivity index (χ3n) is 5.39. The minimum Gasteiger partial charge on any atom is -0.406 e. The molecule has 0 atom stereocenters. The number of rotatable bonds is 8. The molecular formula is C24H23F3N4O3S. The molecule has 1 saturated heterocycles. The van der Waals surface area contributed by atoms with Crippen molar-refractivity contribution in [1.82, 2.24) is 15.2 Å². The second kappa shape index (κ2) is 10.3. The molecule has 0 spiro atoms. The Morgan fingerprint density at radius 2 is 1.80 bits per heavy atom. The van der Waals surface area contributed by atoms with Gasteiger partial charge in [0.15, 0.2) is 5.13 Å². The van der Waals surface area contributed by atoms with Gasteiger partial charge >= 0.3 is 12.4 Å². The molecule has 0 saturated carbocycles. The number of hydrogen-bond donors (Lipinski definition) is 1. The Balaban J connectivity index is 1.34. The highest BCUT2D eigenvalue weighted by atomic mass is 32.1. The van der Waals surface area contributed by atoms with E-state index < -0.39 is 6.36 Å². The van der Waals surface area contributed by atoms with Crippen LogP contribution in [0.15, 0.2) is 54.6 Å². The maximum absolute atomic E-state index is 12.9. The van der Waals surface area contributed by atoms with E-state index in [1.54, 1.807) is 11.8 Å². The van der Waals surface area contributed by atoms with Crippen LogP contribution in [-0.2, 0) is 13.0 Å². The van der Waals surface area contributed by atoms with Gasteiger partial charge in [0.05, 0.1) is 5.69 Å². The Hall–Kier alpha value is -3.60. The van der Waals surface area contributed by atoms with E-state index in [9.17, 15) is 22.8 Å². The van der Waals surface area contributed by atoms with Gasteiger partial charge in [0.25, 0.3) is 5.91 Å². The second-order valence-electron chi connectivity index (χ2n) is 7.95. The summed E-state index contributed by atoms with van der Waals surface area (Å²) < 4.78 is 40.9. The minimum absolute atomic E-state index is 0.230. The van der Waals surface area contributed by atoms with Crippen LogP contribution in [-0.4, -0.2) is 47.8 Å². The Kier molecular flexibility index (Phi) is 7.25. The quantitative estimate of drug-likeness (QED) is 0.480. The van der Waals surface area contributed by atoms with Crippen LogP contribution in [0.2, 0.25) is 0 Å². The Morgan fingerprint density at radius 1 is 1.09 bits per heavy atom. The summed E-state index contributed by atoms with van der Waals surface area (Å²) in [5.74, 6) is -0.546. The van der Waals surface area contributed by atoms with Gasteiger partial charge in [-0.3, -0.25) is 9.69 Å². The first kappa shape index (κ1) is 24.5. The lowest BCUT2D eigenvalue weighted by Crippen LogP contribution is -2.31. The monoisotopic (exact) mass is 504 g/mol. The number of carbonyl (C=O) groups excluding carboxylic acids is 2.